The third kappa shape index (κ3) is 3.73. The normalized spacial score (nSPS) is 11.6. The van der Waals surface area contributed by atoms with Crippen LogP contribution in [0.3, 0.4) is 0 Å². The van der Waals surface area contributed by atoms with Crippen molar-refractivity contribution < 1.29 is 17.5 Å². The molecule has 0 N–H and O–H groups in total. The Hall–Kier alpha value is -3.04. The van der Waals surface area contributed by atoms with Crippen LogP contribution in [0.5, 0.6) is 11.6 Å². The summed E-state index contributed by atoms with van der Waals surface area (Å²) in [5.41, 5.74) is 0.377. The maximum absolute atomic E-state index is 14.0. The van der Waals surface area contributed by atoms with Crippen molar-refractivity contribution in [3.8, 4) is 11.6 Å². The number of aromatic nitrogens is 2. The number of ether oxygens (including phenoxy) is 1. The van der Waals surface area contributed by atoms with E-state index in [1.54, 1.807) is 35.6 Å². The highest BCUT2D eigenvalue weighted by molar-refractivity contribution is 7.92. The van der Waals surface area contributed by atoms with Gasteiger partial charge >= 0.3 is 0 Å². The second kappa shape index (κ2) is 8.00. The molecule has 30 heavy (non-hydrogen) atoms. The fourth-order valence-electron chi connectivity index (χ4n) is 2.92. The molecule has 4 rings (SSSR count). The van der Waals surface area contributed by atoms with Crippen LogP contribution in [0, 0.1) is 5.82 Å². The van der Waals surface area contributed by atoms with Crippen molar-refractivity contribution in [2.24, 2.45) is 0 Å². The van der Waals surface area contributed by atoms with Gasteiger partial charge in [0, 0.05) is 11.9 Å². The lowest BCUT2D eigenvalue weighted by Crippen LogP contribution is -2.27. The van der Waals surface area contributed by atoms with Gasteiger partial charge in [-0.25, -0.2) is 22.8 Å². The Bertz CT molecular complexity index is 1300. The number of hydrogen-bond acceptors (Lipinski definition) is 6. The maximum atomic E-state index is 14.0. The van der Waals surface area contributed by atoms with E-state index in [4.69, 9.17) is 4.74 Å². The molecule has 2 aromatic heterocycles. The Kier molecular flexibility index (Phi) is 5.40. The summed E-state index contributed by atoms with van der Waals surface area (Å²) in [5, 5.41) is 0.836. The number of thiophene rings is 1. The first kappa shape index (κ1) is 20.2. The van der Waals surface area contributed by atoms with E-state index in [2.05, 4.69) is 16.9 Å². The van der Waals surface area contributed by atoms with Gasteiger partial charge in [-0.05, 0) is 48.9 Å². The third-order valence-electron chi connectivity index (χ3n) is 4.58. The fourth-order valence-corrected chi connectivity index (χ4v) is 5.10. The van der Waals surface area contributed by atoms with E-state index in [0.717, 1.165) is 27.0 Å². The van der Waals surface area contributed by atoms with Crippen molar-refractivity contribution in [3.05, 3.63) is 71.6 Å². The molecule has 0 saturated carbocycles. The highest BCUT2D eigenvalue weighted by Crippen LogP contribution is 2.33. The first-order valence-corrected chi connectivity index (χ1v) is 11.4. The SMILES string of the molecule is CCc1cc2c(Oc3ccc(N(C)S(=O)(=O)c4ccccc4F)cc3)ncnc2s1. The van der Waals surface area contributed by atoms with Gasteiger partial charge in [0.15, 0.2) is 0 Å². The largest absolute Gasteiger partial charge is 0.438 e. The van der Waals surface area contributed by atoms with Crippen molar-refractivity contribution in [3.63, 3.8) is 0 Å². The second-order valence-corrected chi connectivity index (χ2v) is 9.52. The van der Waals surface area contributed by atoms with Crippen LogP contribution in [-0.2, 0) is 16.4 Å². The van der Waals surface area contributed by atoms with Crippen LogP contribution in [0.1, 0.15) is 11.8 Å². The zero-order valence-electron chi connectivity index (χ0n) is 16.2. The Balaban J connectivity index is 1.59. The molecule has 0 aliphatic rings. The van der Waals surface area contributed by atoms with Crippen LogP contribution in [0.25, 0.3) is 10.2 Å². The molecule has 2 heterocycles. The molecule has 0 unspecified atom stereocenters. The van der Waals surface area contributed by atoms with E-state index in [9.17, 15) is 12.8 Å². The number of rotatable bonds is 6. The standard InChI is InChI=1S/C21H18FN3O3S2/c1-3-16-12-17-20(23-13-24-21(17)29-16)28-15-10-8-14(9-11-15)25(2)30(26,27)19-7-5-4-6-18(19)22/h4-13H,3H2,1-2H3. The topological polar surface area (TPSA) is 72.4 Å². The van der Waals surface area contributed by atoms with E-state index in [1.807, 2.05) is 6.07 Å². The molecule has 6 nitrogen and oxygen atoms in total. The predicted molar refractivity (Wildman–Crippen MR) is 115 cm³/mol. The van der Waals surface area contributed by atoms with Crippen molar-refractivity contribution in [2.45, 2.75) is 18.2 Å². The molecule has 9 heteroatoms. The minimum atomic E-state index is -4.03. The quantitative estimate of drug-likeness (QED) is 0.419. The van der Waals surface area contributed by atoms with Crippen molar-refractivity contribution in [1.82, 2.24) is 9.97 Å². The number of nitrogens with zero attached hydrogens (tertiary/aromatic N) is 3. The maximum Gasteiger partial charge on any atom is 0.266 e. The number of fused-ring (bicyclic) bond motifs is 1. The fraction of sp³-hybridized carbons (Fsp3) is 0.143. The van der Waals surface area contributed by atoms with E-state index in [1.165, 1.54) is 36.5 Å². The summed E-state index contributed by atoms with van der Waals surface area (Å²) in [7, 11) is -2.65. The molecule has 0 atom stereocenters. The second-order valence-electron chi connectivity index (χ2n) is 6.46. The van der Waals surface area contributed by atoms with Crippen molar-refractivity contribution in [2.75, 3.05) is 11.4 Å². The molecular weight excluding hydrogens is 425 g/mol. The minimum Gasteiger partial charge on any atom is -0.438 e. The van der Waals surface area contributed by atoms with Gasteiger partial charge in [0.1, 0.15) is 27.6 Å². The lowest BCUT2D eigenvalue weighted by molar-refractivity contribution is 0.468. The molecule has 0 radical (unpaired) electrons. The van der Waals surface area contributed by atoms with Gasteiger partial charge in [-0.2, -0.15) is 0 Å². The average molecular weight is 444 g/mol. The number of sulfonamides is 1. The number of halogens is 1. The Morgan fingerprint density at radius 3 is 2.53 bits per heavy atom. The number of aryl methyl sites for hydroxylation is 1. The first-order valence-electron chi connectivity index (χ1n) is 9.15. The van der Waals surface area contributed by atoms with Gasteiger partial charge in [-0.15, -0.1) is 11.3 Å². The lowest BCUT2D eigenvalue weighted by atomic mass is 10.3. The monoisotopic (exact) mass is 443 g/mol. The van der Waals surface area contributed by atoms with Gasteiger partial charge in [0.25, 0.3) is 10.0 Å². The summed E-state index contributed by atoms with van der Waals surface area (Å²) in [6, 6.07) is 13.8. The van der Waals surface area contributed by atoms with Gasteiger partial charge < -0.3 is 4.74 Å². The van der Waals surface area contributed by atoms with Crippen molar-refractivity contribution >= 4 is 37.3 Å². The predicted octanol–water partition coefficient (Wildman–Crippen LogP) is 5.01. The number of hydrogen-bond donors (Lipinski definition) is 0. The Labute approximate surface area is 177 Å². The first-order chi connectivity index (χ1) is 14.4. The van der Waals surface area contributed by atoms with Crippen LogP contribution in [-0.4, -0.2) is 25.4 Å². The van der Waals surface area contributed by atoms with Crippen LogP contribution < -0.4 is 9.04 Å². The van der Waals surface area contributed by atoms with E-state index in [-0.39, 0.29) is 4.90 Å². The number of anilines is 1. The molecule has 0 saturated heterocycles. The van der Waals surface area contributed by atoms with Gasteiger partial charge in [0.05, 0.1) is 11.1 Å². The Morgan fingerprint density at radius 1 is 1.10 bits per heavy atom. The molecular formula is C21H18FN3O3S2. The summed E-state index contributed by atoms with van der Waals surface area (Å²) >= 11 is 1.60. The van der Waals surface area contributed by atoms with E-state index in [0.29, 0.717) is 17.3 Å². The van der Waals surface area contributed by atoms with Gasteiger partial charge in [-0.1, -0.05) is 19.1 Å². The lowest BCUT2D eigenvalue weighted by Gasteiger charge is -2.20. The zero-order valence-corrected chi connectivity index (χ0v) is 17.9. The molecule has 0 bridgehead atoms. The highest BCUT2D eigenvalue weighted by Gasteiger charge is 2.24. The van der Waals surface area contributed by atoms with E-state index < -0.39 is 15.8 Å². The molecule has 0 spiro atoms. The van der Waals surface area contributed by atoms with Gasteiger partial charge in [-0.3, -0.25) is 4.31 Å². The van der Waals surface area contributed by atoms with Crippen molar-refractivity contribution in [1.29, 1.82) is 0 Å². The average Bonchev–Trinajstić information content (AvgIpc) is 3.18. The molecule has 2 aromatic carbocycles. The summed E-state index contributed by atoms with van der Waals surface area (Å²) in [6.07, 6.45) is 2.36. The van der Waals surface area contributed by atoms with E-state index >= 15 is 0 Å². The smallest absolute Gasteiger partial charge is 0.266 e. The van der Waals surface area contributed by atoms with Crippen LogP contribution in [0.15, 0.2) is 65.8 Å². The summed E-state index contributed by atoms with van der Waals surface area (Å²) < 4.78 is 46.4. The van der Waals surface area contributed by atoms with Gasteiger partial charge in [0.2, 0.25) is 5.88 Å². The highest BCUT2D eigenvalue weighted by atomic mass is 32.2. The van der Waals surface area contributed by atoms with Crippen LogP contribution in [0.2, 0.25) is 0 Å². The molecule has 0 aliphatic heterocycles. The summed E-state index contributed by atoms with van der Waals surface area (Å²) in [4.78, 5) is 10.2. The molecule has 4 aromatic rings. The summed E-state index contributed by atoms with van der Waals surface area (Å²) in [6.45, 7) is 2.07. The number of benzene rings is 2. The molecule has 154 valence electrons. The Morgan fingerprint density at radius 2 is 1.83 bits per heavy atom. The minimum absolute atomic E-state index is 0.375. The molecule has 0 amide bonds. The molecule has 0 fully saturated rings. The van der Waals surface area contributed by atoms with Crippen LogP contribution >= 0.6 is 11.3 Å². The zero-order chi connectivity index (χ0) is 21.3. The summed E-state index contributed by atoms with van der Waals surface area (Å²) in [5.74, 6) is 0.148. The van der Waals surface area contributed by atoms with Crippen LogP contribution in [0.4, 0.5) is 10.1 Å². The third-order valence-corrected chi connectivity index (χ3v) is 7.59. The molecule has 0 aliphatic carbocycles.